The molecule has 1 atom stereocenters. The molecule has 5 rings (SSSR count). The molecular weight excluding hydrogens is 538 g/mol. The quantitative estimate of drug-likeness (QED) is 0.243. The van der Waals surface area contributed by atoms with Crippen molar-refractivity contribution in [3.8, 4) is 22.9 Å². The number of benzene rings is 3. The van der Waals surface area contributed by atoms with Crippen molar-refractivity contribution in [1.29, 1.82) is 5.26 Å². The highest BCUT2D eigenvalue weighted by molar-refractivity contribution is 7.91. The van der Waals surface area contributed by atoms with Crippen LogP contribution in [0, 0.1) is 18.3 Å². The molecule has 1 fully saturated rings. The van der Waals surface area contributed by atoms with Crippen LogP contribution in [-0.2, 0) is 10.0 Å². The molecule has 2 heterocycles. The van der Waals surface area contributed by atoms with Crippen LogP contribution in [0.3, 0.4) is 0 Å². The monoisotopic (exact) mass is 565 g/mol. The summed E-state index contributed by atoms with van der Waals surface area (Å²) >= 11 is 7.40. The molecule has 1 saturated heterocycles. The van der Waals surface area contributed by atoms with Crippen LogP contribution in [0.15, 0.2) is 70.9 Å². The third-order valence-electron chi connectivity index (χ3n) is 6.78. The zero-order valence-corrected chi connectivity index (χ0v) is 23.4. The summed E-state index contributed by atoms with van der Waals surface area (Å²) in [7, 11) is -3.60. The third kappa shape index (κ3) is 6.04. The molecule has 0 radical (unpaired) electrons. The molecule has 0 aliphatic carbocycles. The van der Waals surface area contributed by atoms with Gasteiger partial charge in [-0.25, -0.2) is 13.1 Å². The van der Waals surface area contributed by atoms with Gasteiger partial charge in [-0.05, 0) is 90.9 Å². The number of aryl methyl sites for hydroxylation is 1. The molecule has 1 aliphatic heterocycles. The molecule has 0 spiro atoms. The topological polar surface area (TPSA) is 82.4 Å². The second-order valence-electron chi connectivity index (χ2n) is 9.48. The van der Waals surface area contributed by atoms with Crippen molar-refractivity contribution in [2.24, 2.45) is 0 Å². The van der Waals surface area contributed by atoms with Gasteiger partial charge in [0.1, 0.15) is 9.96 Å². The number of likely N-dealkylation sites (tertiary alicyclic amines) is 1. The molecule has 0 unspecified atom stereocenters. The Morgan fingerprint density at radius 1 is 1.11 bits per heavy atom. The van der Waals surface area contributed by atoms with E-state index in [0.29, 0.717) is 27.9 Å². The van der Waals surface area contributed by atoms with Crippen molar-refractivity contribution in [2.75, 3.05) is 26.2 Å². The number of fused-ring (bicyclic) bond motifs is 1. The Kier molecular flexibility index (Phi) is 8.03. The molecule has 3 aromatic carbocycles. The van der Waals surface area contributed by atoms with Gasteiger partial charge in [0.05, 0.1) is 18.2 Å². The van der Waals surface area contributed by atoms with Crippen LogP contribution in [0.25, 0.3) is 21.2 Å². The van der Waals surface area contributed by atoms with Crippen LogP contribution in [-0.4, -0.2) is 45.6 Å². The normalized spacial score (nSPS) is 16.1. The van der Waals surface area contributed by atoms with Gasteiger partial charge in [-0.1, -0.05) is 35.9 Å². The fourth-order valence-electron chi connectivity index (χ4n) is 4.79. The highest BCUT2D eigenvalue weighted by atomic mass is 35.5. The van der Waals surface area contributed by atoms with Crippen LogP contribution in [0.5, 0.6) is 5.75 Å². The summed E-state index contributed by atoms with van der Waals surface area (Å²) in [4.78, 5) is 2.28. The lowest BCUT2D eigenvalue weighted by atomic mass is 10.0. The molecule has 196 valence electrons. The number of nitriles is 1. The molecule has 1 aromatic heterocycles. The molecule has 0 saturated carbocycles. The van der Waals surface area contributed by atoms with Gasteiger partial charge < -0.3 is 9.64 Å². The zero-order valence-electron chi connectivity index (χ0n) is 21.0. The Morgan fingerprint density at radius 3 is 2.53 bits per heavy atom. The number of nitrogens with one attached hydrogen (secondary N) is 1. The van der Waals surface area contributed by atoms with Gasteiger partial charge in [-0.15, -0.1) is 11.3 Å². The molecule has 38 heavy (non-hydrogen) atoms. The van der Waals surface area contributed by atoms with E-state index in [1.54, 1.807) is 6.07 Å². The van der Waals surface area contributed by atoms with Crippen molar-refractivity contribution in [1.82, 2.24) is 9.62 Å². The van der Waals surface area contributed by atoms with E-state index in [2.05, 4.69) is 15.7 Å². The van der Waals surface area contributed by atoms with Crippen molar-refractivity contribution >= 4 is 43.0 Å². The lowest BCUT2D eigenvalue weighted by Crippen LogP contribution is -2.37. The van der Waals surface area contributed by atoms with Gasteiger partial charge in [0.2, 0.25) is 0 Å². The summed E-state index contributed by atoms with van der Waals surface area (Å²) in [5, 5.41) is 10.4. The molecular formula is C29H28ClN3O3S2. The molecule has 1 N–H and O–H groups in total. The minimum absolute atomic E-state index is 0.108. The number of thiophene rings is 1. The number of halogens is 1. The Balaban J connectivity index is 1.08. The van der Waals surface area contributed by atoms with Crippen LogP contribution < -0.4 is 9.46 Å². The van der Waals surface area contributed by atoms with E-state index in [1.165, 1.54) is 11.3 Å². The number of nitrogens with zero attached hydrogens (tertiary/aromatic N) is 2. The van der Waals surface area contributed by atoms with Gasteiger partial charge in [0, 0.05) is 28.9 Å². The SMILES string of the molecule is Cc1c(S(=O)(=O)N[C@@H]2CCN(CCCOc3ccc(-c4ccc(C#N)cc4)cc3)C2)sc2ccc(Cl)cc12. The van der Waals surface area contributed by atoms with Crippen molar-refractivity contribution in [3.63, 3.8) is 0 Å². The van der Waals surface area contributed by atoms with Gasteiger partial charge in [-0.3, -0.25) is 0 Å². The van der Waals surface area contributed by atoms with Crippen LogP contribution in [0.4, 0.5) is 0 Å². The predicted molar refractivity (Wildman–Crippen MR) is 153 cm³/mol. The average molecular weight is 566 g/mol. The van der Waals surface area contributed by atoms with Crippen LogP contribution >= 0.6 is 22.9 Å². The largest absolute Gasteiger partial charge is 0.494 e. The van der Waals surface area contributed by atoms with Gasteiger partial charge in [0.25, 0.3) is 10.0 Å². The summed E-state index contributed by atoms with van der Waals surface area (Å²) < 4.78 is 36.4. The van der Waals surface area contributed by atoms with Crippen LogP contribution in [0.2, 0.25) is 5.02 Å². The number of rotatable bonds is 9. The summed E-state index contributed by atoms with van der Waals surface area (Å²) in [6, 6.07) is 23.0. The Hall–Kier alpha value is -2.93. The Bertz CT molecular complexity index is 1580. The molecule has 0 amide bonds. The van der Waals surface area contributed by atoms with Gasteiger partial charge >= 0.3 is 0 Å². The minimum Gasteiger partial charge on any atom is -0.494 e. The third-order valence-corrected chi connectivity index (χ3v) is 10.4. The first-order chi connectivity index (χ1) is 18.3. The number of hydrogen-bond acceptors (Lipinski definition) is 6. The van der Waals surface area contributed by atoms with Crippen molar-refractivity contribution in [2.45, 2.75) is 30.0 Å². The smallest absolute Gasteiger partial charge is 0.250 e. The Labute approximate surface area is 232 Å². The lowest BCUT2D eigenvalue weighted by molar-refractivity contribution is 0.261. The van der Waals surface area contributed by atoms with E-state index >= 15 is 0 Å². The molecule has 9 heteroatoms. The van der Waals surface area contributed by atoms with E-state index in [4.69, 9.17) is 21.6 Å². The zero-order chi connectivity index (χ0) is 26.7. The van der Waals surface area contributed by atoms with Crippen LogP contribution in [0.1, 0.15) is 24.0 Å². The highest BCUT2D eigenvalue weighted by Crippen LogP contribution is 2.35. The van der Waals surface area contributed by atoms with E-state index in [1.807, 2.05) is 67.6 Å². The summed E-state index contributed by atoms with van der Waals surface area (Å²) in [5.41, 5.74) is 3.52. The number of hydrogen-bond donors (Lipinski definition) is 1. The van der Waals surface area contributed by atoms with E-state index in [9.17, 15) is 8.42 Å². The molecule has 6 nitrogen and oxygen atoms in total. The first-order valence-corrected chi connectivity index (χ1v) is 15.2. The second-order valence-corrected chi connectivity index (χ2v) is 12.9. The maximum atomic E-state index is 13.1. The molecule has 1 aliphatic rings. The van der Waals surface area contributed by atoms with Gasteiger partial charge in [-0.2, -0.15) is 5.26 Å². The molecule has 0 bridgehead atoms. The second kappa shape index (κ2) is 11.4. The van der Waals surface area contributed by atoms with E-state index in [0.717, 1.165) is 58.5 Å². The Morgan fingerprint density at radius 2 is 1.82 bits per heavy atom. The summed E-state index contributed by atoms with van der Waals surface area (Å²) in [5.74, 6) is 0.814. The standard InChI is InChI=1S/C29H28ClN3O3S2/c1-20-27-17-24(30)9-12-28(27)37-29(20)38(34,35)32-25-13-15-33(19-25)14-2-16-36-26-10-7-23(8-11-26)22-5-3-21(18-31)4-6-22/h3-12,17,25,32H,2,13-16,19H2,1H3/t25-/m1/s1. The fourth-order valence-corrected chi connectivity index (χ4v) is 7.99. The first kappa shape index (κ1) is 26.7. The average Bonchev–Trinajstić information content (AvgIpc) is 3.50. The first-order valence-electron chi connectivity index (χ1n) is 12.5. The maximum absolute atomic E-state index is 13.1. The van der Waals surface area contributed by atoms with Crippen molar-refractivity contribution in [3.05, 3.63) is 82.9 Å². The van der Waals surface area contributed by atoms with Gasteiger partial charge in [0.15, 0.2) is 0 Å². The minimum atomic E-state index is -3.60. The van der Waals surface area contributed by atoms with Crippen molar-refractivity contribution < 1.29 is 13.2 Å². The summed E-state index contributed by atoms with van der Waals surface area (Å²) in [6.45, 7) is 4.82. The molecule has 4 aromatic rings. The van der Waals surface area contributed by atoms with E-state index in [-0.39, 0.29) is 6.04 Å². The maximum Gasteiger partial charge on any atom is 0.250 e. The number of ether oxygens (including phenoxy) is 1. The highest BCUT2D eigenvalue weighted by Gasteiger charge is 2.29. The fraction of sp³-hybridized carbons (Fsp3) is 0.276. The predicted octanol–water partition coefficient (Wildman–Crippen LogP) is 6.22. The summed E-state index contributed by atoms with van der Waals surface area (Å²) in [6.07, 6.45) is 1.64. The number of sulfonamides is 1. The lowest BCUT2D eigenvalue weighted by Gasteiger charge is -2.17. The van der Waals surface area contributed by atoms with E-state index < -0.39 is 10.0 Å².